The number of nitrogens with zero attached hydrogens (tertiary/aromatic N) is 1. The average Bonchev–Trinajstić information content (AvgIpc) is 2.74. The Kier molecular flexibility index (Phi) is 19.2. The summed E-state index contributed by atoms with van der Waals surface area (Å²) in [5, 5.41) is 18.6. The number of unbranched alkanes of at least 4 members (excludes halogenated alkanes) is 5. The van der Waals surface area contributed by atoms with Gasteiger partial charge >= 0.3 is 0 Å². The molecule has 0 bridgehead atoms. The molecule has 0 amide bonds. The third kappa shape index (κ3) is 13.9. The molecular formula is C23H54N6O. The van der Waals surface area contributed by atoms with Crippen molar-refractivity contribution >= 4 is 0 Å². The van der Waals surface area contributed by atoms with Gasteiger partial charge in [-0.1, -0.05) is 59.8 Å². The van der Waals surface area contributed by atoms with Crippen molar-refractivity contribution in [3.8, 4) is 0 Å². The Bertz CT molecular complexity index is 374. The molecule has 3 atom stereocenters. The minimum absolute atomic E-state index is 0.0316. The molecule has 7 nitrogen and oxygen atoms in total. The number of nitrogens with two attached hydrogens (primary N) is 2. The van der Waals surface area contributed by atoms with E-state index in [0.29, 0.717) is 0 Å². The first-order chi connectivity index (χ1) is 14.5. The van der Waals surface area contributed by atoms with Crippen molar-refractivity contribution in [2.45, 2.75) is 110 Å². The summed E-state index contributed by atoms with van der Waals surface area (Å²) in [5.74, 6) is -0.339. The Balaban J connectivity index is 5.33. The van der Waals surface area contributed by atoms with Crippen LogP contribution in [0.25, 0.3) is 0 Å². The molecule has 0 aromatic carbocycles. The second-order valence-corrected chi connectivity index (χ2v) is 8.64. The molecule has 0 spiro atoms. The monoisotopic (exact) mass is 430 g/mol. The molecule has 0 saturated carbocycles. The van der Waals surface area contributed by atoms with E-state index in [2.05, 4.69) is 48.8 Å². The van der Waals surface area contributed by atoms with Gasteiger partial charge in [-0.15, -0.1) is 0 Å². The molecule has 0 heterocycles. The number of aliphatic hydroxyl groups is 1. The fraction of sp³-hybridized carbons (Fsp3) is 1.00. The molecule has 3 unspecified atom stereocenters. The van der Waals surface area contributed by atoms with E-state index in [9.17, 15) is 0 Å². The van der Waals surface area contributed by atoms with Crippen LogP contribution in [0.5, 0.6) is 0 Å². The van der Waals surface area contributed by atoms with Crippen molar-refractivity contribution in [1.29, 1.82) is 0 Å². The molecule has 0 aliphatic rings. The SMILES string of the molecule is CCCCNC(N)(NCCC)C(CCCCCCO)CN(CCCC)NC(N)CC. The zero-order chi connectivity index (χ0) is 22.7. The number of nitrogens with one attached hydrogen (secondary N) is 3. The van der Waals surface area contributed by atoms with Crippen molar-refractivity contribution in [3.05, 3.63) is 0 Å². The van der Waals surface area contributed by atoms with Gasteiger partial charge in [0.1, 0.15) is 5.79 Å². The Morgan fingerprint density at radius 1 is 0.867 bits per heavy atom. The molecule has 0 rings (SSSR count). The molecular weight excluding hydrogens is 376 g/mol. The van der Waals surface area contributed by atoms with Crippen molar-refractivity contribution in [3.63, 3.8) is 0 Å². The maximum absolute atomic E-state index is 9.06. The van der Waals surface area contributed by atoms with Gasteiger partial charge in [-0.3, -0.25) is 10.6 Å². The van der Waals surface area contributed by atoms with Crippen LogP contribution in [0.2, 0.25) is 0 Å². The smallest absolute Gasteiger partial charge is 0.125 e. The molecule has 0 aliphatic carbocycles. The lowest BCUT2D eigenvalue weighted by molar-refractivity contribution is 0.0649. The number of hydrogen-bond acceptors (Lipinski definition) is 7. The maximum Gasteiger partial charge on any atom is 0.125 e. The highest BCUT2D eigenvalue weighted by molar-refractivity contribution is 4.88. The van der Waals surface area contributed by atoms with Gasteiger partial charge in [-0.05, 0) is 51.6 Å². The summed E-state index contributed by atoms with van der Waals surface area (Å²) in [6, 6.07) is 0. The third-order valence-electron chi connectivity index (χ3n) is 5.73. The normalized spacial score (nSPS) is 16.0. The van der Waals surface area contributed by atoms with Gasteiger partial charge in [0.25, 0.3) is 0 Å². The summed E-state index contributed by atoms with van der Waals surface area (Å²) in [6.07, 6.45) is 11.7. The van der Waals surface area contributed by atoms with Crippen LogP contribution in [0.1, 0.15) is 98.3 Å². The third-order valence-corrected chi connectivity index (χ3v) is 5.73. The van der Waals surface area contributed by atoms with E-state index >= 15 is 0 Å². The highest BCUT2D eigenvalue weighted by atomic mass is 16.2. The van der Waals surface area contributed by atoms with Gasteiger partial charge in [0, 0.05) is 25.6 Å². The van der Waals surface area contributed by atoms with Crippen molar-refractivity contribution in [2.24, 2.45) is 17.4 Å². The van der Waals surface area contributed by atoms with Gasteiger partial charge < -0.3 is 16.6 Å². The van der Waals surface area contributed by atoms with Gasteiger partial charge in [0.05, 0.1) is 6.17 Å². The van der Waals surface area contributed by atoms with Crippen LogP contribution in [0.4, 0.5) is 0 Å². The Morgan fingerprint density at radius 2 is 1.53 bits per heavy atom. The highest BCUT2D eigenvalue weighted by Gasteiger charge is 2.34. The van der Waals surface area contributed by atoms with E-state index < -0.39 is 5.79 Å². The van der Waals surface area contributed by atoms with Crippen molar-refractivity contribution in [1.82, 2.24) is 21.1 Å². The molecule has 0 saturated heterocycles. The number of hydrogen-bond donors (Lipinski definition) is 6. The zero-order valence-corrected chi connectivity index (χ0v) is 20.5. The lowest BCUT2D eigenvalue weighted by atomic mass is 9.92. The average molecular weight is 431 g/mol. The van der Waals surface area contributed by atoms with Crippen LogP contribution in [-0.4, -0.2) is 54.9 Å². The molecule has 0 aliphatic heterocycles. The van der Waals surface area contributed by atoms with Crippen LogP contribution in [0, 0.1) is 5.92 Å². The number of hydrazine groups is 1. The van der Waals surface area contributed by atoms with Crippen LogP contribution in [0.15, 0.2) is 0 Å². The van der Waals surface area contributed by atoms with Crippen molar-refractivity contribution in [2.75, 3.05) is 32.8 Å². The largest absolute Gasteiger partial charge is 0.396 e. The standard InChI is InChI=1S/C23H54N6O/c1-5-9-17-27-23(25,26-16-7-3)21(15-13-11-12-14-19-30)20-29(18-10-6-2)28-22(24)8-4/h21-22,26-28,30H,5-20,24-25H2,1-4H3. The van der Waals surface area contributed by atoms with Gasteiger partial charge in [0.2, 0.25) is 0 Å². The van der Waals surface area contributed by atoms with Crippen LogP contribution in [-0.2, 0) is 0 Å². The predicted octanol–water partition coefficient (Wildman–Crippen LogP) is 2.85. The highest BCUT2D eigenvalue weighted by Crippen LogP contribution is 2.20. The zero-order valence-electron chi connectivity index (χ0n) is 20.5. The predicted molar refractivity (Wildman–Crippen MR) is 130 cm³/mol. The number of aliphatic hydroxyl groups excluding tert-OH is 1. The molecule has 0 aromatic heterocycles. The Hall–Kier alpha value is -0.280. The molecule has 182 valence electrons. The first-order valence-electron chi connectivity index (χ1n) is 12.6. The van der Waals surface area contributed by atoms with Crippen LogP contribution < -0.4 is 27.5 Å². The maximum atomic E-state index is 9.06. The second-order valence-electron chi connectivity index (χ2n) is 8.64. The molecule has 0 fully saturated rings. The van der Waals surface area contributed by atoms with Crippen LogP contribution >= 0.6 is 0 Å². The summed E-state index contributed by atoms with van der Waals surface area (Å²) in [7, 11) is 0. The lowest BCUT2D eigenvalue weighted by Crippen LogP contribution is -2.70. The topological polar surface area (TPSA) is 112 Å². The van der Waals surface area contributed by atoms with E-state index in [1.165, 1.54) is 0 Å². The van der Waals surface area contributed by atoms with E-state index in [1.54, 1.807) is 0 Å². The molecule has 7 heteroatoms. The fourth-order valence-electron chi connectivity index (χ4n) is 3.62. The molecule has 0 aromatic rings. The van der Waals surface area contributed by atoms with E-state index in [1.807, 2.05) is 0 Å². The lowest BCUT2D eigenvalue weighted by Gasteiger charge is -2.42. The Morgan fingerprint density at radius 3 is 2.13 bits per heavy atom. The molecule has 30 heavy (non-hydrogen) atoms. The minimum Gasteiger partial charge on any atom is -0.396 e. The van der Waals surface area contributed by atoms with Gasteiger partial charge in [-0.2, -0.15) is 0 Å². The van der Waals surface area contributed by atoms with E-state index in [0.717, 1.165) is 96.8 Å². The Labute approximate surface area is 187 Å². The van der Waals surface area contributed by atoms with Gasteiger partial charge in [0.15, 0.2) is 0 Å². The second kappa shape index (κ2) is 19.4. The summed E-state index contributed by atoms with van der Waals surface area (Å²) in [5.41, 5.74) is 16.7. The van der Waals surface area contributed by atoms with E-state index in [-0.39, 0.29) is 18.7 Å². The molecule has 8 N–H and O–H groups in total. The van der Waals surface area contributed by atoms with Gasteiger partial charge in [-0.25, -0.2) is 10.4 Å². The summed E-state index contributed by atoms with van der Waals surface area (Å²) >= 11 is 0. The fourth-order valence-corrected chi connectivity index (χ4v) is 3.62. The summed E-state index contributed by atoms with van der Waals surface area (Å²) < 4.78 is 0. The summed E-state index contributed by atoms with van der Waals surface area (Å²) in [4.78, 5) is 0. The quantitative estimate of drug-likeness (QED) is 0.0890. The van der Waals surface area contributed by atoms with Crippen LogP contribution in [0.3, 0.4) is 0 Å². The summed E-state index contributed by atoms with van der Waals surface area (Å²) in [6.45, 7) is 12.7. The van der Waals surface area contributed by atoms with Crippen molar-refractivity contribution < 1.29 is 5.11 Å². The number of rotatable bonds is 22. The molecule has 0 radical (unpaired) electrons. The first-order valence-corrected chi connectivity index (χ1v) is 12.6. The first kappa shape index (κ1) is 29.7. The van der Waals surface area contributed by atoms with E-state index in [4.69, 9.17) is 16.6 Å². The minimum atomic E-state index is -0.593.